The van der Waals surface area contributed by atoms with Crippen LogP contribution in [0.1, 0.15) is 76.9 Å². The van der Waals surface area contributed by atoms with Crippen LogP contribution in [-0.4, -0.2) is 54.3 Å². The van der Waals surface area contributed by atoms with Crippen LogP contribution in [0.3, 0.4) is 0 Å². The molecule has 6 heteroatoms. The molecule has 0 spiro atoms. The van der Waals surface area contributed by atoms with Crippen molar-refractivity contribution in [3.63, 3.8) is 0 Å². The first-order chi connectivity index (χ1) is 14.6. The fourth-order valence-corrected chi connectivity index (χ4v) is 4.39. The van der Waals surface area contributed by atoms with Gasteiger partial charge in [-0.1, -0.05) is 38.7 Å². The molecule has 6 nitrogen and oxygen atoms in total. The number of carbonyl (C=O) groups excluding carboxylic acids is 1. The zero-order valence-corrected chi connectivity index (χ0v) is 18.6. The number of hydrogen-bond donors (Lipinski definition) is 2. The minimum atomic E-state index is -0.794. The number of ether oxygens (including phenoxy) is 2. The first-order valence-corrected chi connectivity index (χ1v) is 11.7. The number of likely N-dealkylation sites (tertiary alicyclic amines) is 1. The van der Waals surface area contributed by atoms with Crippen molar-refractivity contribution in [1.82, 2.24) is 10.2 Å². The second kappa shape index (κ2) is 11.6. The summed E-state index contributed by atoms with van der Waals surface area (Å²) in [6.07, 6.45) is 7.64. The molecule has 0 bridgehead atoms. The maximum atomic E-state index is 12.6. The van der Waals surface area contributed by atoms with Gasteiger partial charge in [0.15, 0.2) is 11.5 Å². The molecule has 2 aliphatic rings. The van der Waals surface area contributed by atoms with E-state index in [0.717, 1.165) is 31.4 Å². The van der Waals surface area contributed by atoms with Gasteiger partial charge in [0.25, 0.3) is 0 Å². The molecule has 3 rings (SSSR count). The number of benzene rings is 1. The Kier molecular flexibility index (Phi) is 8.82. The molecule has 1 amide bonds. The van der Waals surface area contributed by atoms with Gasteiger partial charge in [-0.15, -0.1) is 0 Å². The quantitative estimate of drug-likeness (QED) is 0.535. The van der Waals surface area contributed by atoms with Crippen LogP contribution in [0.15, 0.2) is 18.2 Å². The minimum absolute atomic E-state index is 0.0277. The Morgan fingerprint density at radius 3 is 2.70 bits per heavy atom. The average Bonchev–Trinajstić information content (AvgIpc) is 3.16. The summed E-state index contributed by atoms with van der Waals surface area (Å²) in [4.78, 5) is 15.0. The van der Waals surface area contributed by atoms with Crippen molar-refractivity contribution in [2.75, 3.05) is 26.3 Å². The molecule has 1 aromatic carbocycles. The summed E-state index contributed by atoms with van der Waals surface area (Å²) in [5.41, 5.74) is 0.749. The van der Waals surface area contributed by atoms with Crippen LogP contribution in [-0.2, 0) is 4.79 Å². The highest BCUT2D eigenvalue weighted by Gasteiger charge is 2.30. The third kappa shape index (κ3) is 6.35. The fraction of sp³-hybridized carbons (Fsp3) is 0.708. The summed E-state index contributed by atoms with van der Waals surface area (Å²) in [6, 6.07) is 5.69. The van der Waals surface area contributed by atoms with Crippen LogP contribution in [0.25, 0.3) is 0 Å². The predicted octanol–water partition coefficient (Wildman–Crippen LogP) is 3.82. The number of fused-ring (bicyclic) bond motifs is 1. The SMILES string of the molecule is CCCCCCCC(=O)N[C@H](CN1CCC[C@H]1C)[C@H](O)c1ccc2c(c1)OCCO2. The van der Waals surface area contributed by atoms with Gasteiger partial charge in [0, 0.05) is 19.0 Å². The number of amides is 1. The molecular weight excluding hydrogens is 380 g/mol. The van der Waals surface area contributed by atoms with Crippen molar-refractivity contribution < 1.29 is 19.4 Å². The molecule has 3 atom stereocenters. The van der Waals surface area contributed by atoms with Crippen molar-refractivity contribution in [3.05, 3.63) is 23.8 Å². The Hall–Kier alpha value is -1.79. The average molecular weight is 419 g/mol. The maximum Gasteiger partial charge on any atom is 0.220 e. The van der Waals surface area contributed by atoms with Gasteiger partial charge < -0.3 is 19.9 Å². The molecule has 2 aliphatic heterocycles. The van der Waals surface area contributed by atoms with Crippen molar-refractivity contribution >= 4 is 5.91 Å². The van der Waals surface area contributed by atoms with Gasteiger partial charge in [-0.25, -0.2) is 0 Å². The van der Waals surface area contributed by atoms with E-state index in [-0.39, 0.29) is 11.9 Å². The standard InChI is InChI=1S/C24H38N2O4/c1-3-4-5-6-7-10-23(27)25-20(17-26-13-8-9-18(26)2)24(28)19-11-12-21-22(16-19)30-15-14-29-21/h11-12,16,18,20,24,28H,3-10,13-15,17H2,1-2H3,(H,25,27)/t18-,20-,24-/m1/s1. The minimum Gasteiger partial charge on any atom is -0.486 e. The first-order valence-electron chi connectivity index (χ1n) is 11.7. The molecule has 30 heavy (non-hydrogen) atoms. The van der Waals surface area contributed by atoms with Crippen LogP contribution in [0.2, 0.25) is 0 Å². The molecule has 0 aromatic heterocycles. The lowest BCUT2D eigenvalue weighted by Gasteiger charge is -2.31. The molecule has 0 aliphatic carbocycles. The number of nitrogens with zero attached hydrogens (tertiary/aromatic N) is 1. The number of aliphatic hydroxyl groups excluding tert-OH is 1. The van der Waals surface area contributed by atoms with Gasteiger partial charge in [-0.05, 0) is 50.4 Å². The number of hydrogen-bond acceptors (Lipinski definition) is 5. The van der Waals surface area contributed by atoms with Gasteiger partial charge in [0.05, 0.1) is 6.04 Å². The third-order valence-corrected chi connectivity index (χ3v) is 6.26. The Morgan fingerprint density at radius 1 is 1.20 bits per heavy atom. The maximum absolute atomic E-state index is 12.6. The Labute approximate surface area is 180 Å². The second-order valence-electron chi connectivity index (χ2n) is 8.67. The summed E-state index contributed by atoms with van der Waals surface area (Å²) in [5.74, 6) is 1.39. The zero-order chi connectivity index (χ0) is 21.3. The molecular formula is C24H38N2O4. The van der Waals surface area contributed by atoms with Gasteiger partial charge in [0.1, 0.15) is 19.3 Å². The topological polar surface area (TPSA) is 71.0 Å². The van der Waals surface area contributed by atoms with Crippen LogP contribution in [0.4, 0.5) is 0 Å². The summed E-state index contributed by atoms with van der Waals surface area (Å²) >= 11 is 0. The molecule has 2 N–H and O–H groups in total. The van der Waals surface area contributed by atoms with E-state index in [4.69, 9.17) is 9.47 Å². The van der Waals surface area contributed by atoms with E-state index in [0.29, 0.717) is 43.7 Å². The van der Waals surface area contributed by atoms with Crippen LogP contribution in [0, 0.1) is 0 Å². The Bertz CT molecular complexity index is 681. The highest BCUT2D eigenvalue weighted by molar-refractivity contribution is 5.76. The van der Waals surface area contributed by atoms with E-state index in [1.807, 2.05) is 18.2 Å². The van der Waals surface area contributed by atoms with Gasteiger partial charge in [-0.2, -0.15) is 0 Å². The van der Waals surface area contributed by atoms with E-state index in [2.05, 4.69) is 24.1 Å². The molecule has 0 radical (unpaired) electrons. The molecule has 0 unspecified atom stereocenters. The van der Waals surface area contributed by atoms with Crippen molar-refractivity contribution in [2.24, 2.45) is 0 Å². The number of carbonyl (C=O) groups is 1. The lowest BCUT2D eigenvalue weighted by Crippen LogP contribution is -2.48. The number of unbranched alkanes of at least 4 members (excludes halogenated alkanes) is 4. The van der Waals surface area contributed by atoms with Crippen molar-refractivity contribution in [1.29, 1.82) is 0 Å². The van der Waals surface area contributed by atoms with Crippen molar-refractivity contribution in [3.8, 4) is 11.5 Å². The van der Waals surface area contributed by atoms with E-state index in [1.54, 1.807) is 0 Å². The number of nitrogens with one attached hydrogen (secondary N) is 1. The monoisotopic (exact) mass is 418 g/mol. The van der Waals surface area contributed by atoms with E-state index >= 15 is 0 Å². The molecule has 0 saturated carbocycles. The highest BCUT2D eigenvalue weighted by Crippen LogP contribution is 2.33. The zero-order valence-electron chi connectivity index (χ0n) is 18.6. The molecule has 1 aromatic rings. The van der Waals surface area contributed by atoms with Gasteiger partial charge >= 0.3 is 0 Å². The van der Waals surface area contributed by atoms with Crippen LogP contribution >= 0.6 is 0 Å². The Morgan fingerprint density at radius 2 is 1.97 bits per heavy atom. The van der Waals surface area contributed by atoms with E-state index in [1.165, 1.54) is 25.7 Å². The summed E-state index contributed by atoms with van der Waals surface area (Å²) in [6.45, 7) is 7.12. The van der Waals surface area contributed by atoms with Crippen LogP contribution < -0.4 is 14.8 Å². The van der Waals surface area contributed by atoms with Gasteiger partial charge in [-0.3, -0.25) is 9.69 Å². The lowest BCUT2D eigenvalue weighted by atomic mass is 10.00. The first kappa shape index (κ1) is 22.9. The van der Waals surface area contributed by atoms with Gasteiger partial charge in [0.2, 0.25) is 5.91 Å². The normalized spacial score (nSPS) is 20.7. The number of rotatable bonds is 11. The molecule has 2 heterocycles. The summed E-state index contributed by atoms with van der Waals surface area (Å²) < 4.78 is 11.3. The summed E-state index contributed by atoms with van der Waals surface area (Å²) in [7, 11) is 0. The van der Waals surface area contributed by atoms with E-state index in [9.17, 15) is 9.90 Å². The second-order valence-corrected chi connectivity index (χ2v) is 8.67. The smallest absolute Gasteiger partial charge is 0.220 e. The molecule has 1 fully saturated rings. The predicted molar refractivity (Wildman–Crippen MR) is 118 cm³/mol. The van der Waals surface area contributed by atoms with Crippen molar-refractivity contribution in [2.45, 2.75) is 83.4 Å². The van der Waals surface area contributed by atoms with E-state index < -0.39 is 6.10 Å². The highest BCUT2D eigenvalue weighted by atomic mass is 16.6. The summed E-state index contributed by atoms with van der Waals surface area (Å²) in [5, 5.41) is 14.3. The molecule has 168 valence electrons. The third-order valence-electron chi connectivity index (χ3n) is 6.26. The largest absolute Gasteiger partial charge is 0.486 e. The Balaban J connectivity index is 1.64. The number of aliphatic hydroxyl groups is 1. The molecule has 1 saturated heterocycles. The lowest BCUT2D eigenvalue weighted by molar-refractivity contribution is -0.123. The van der Waals surface area contributed by atoms with Crippen LogP contribution in [0.5, 0.6) is 11.5 Å². The fourth-order valence-electron chi connectivity index (χ4n) is 4.39.